The number of halogens is 2. The Kier molecular flexibility index (Phi) is 5.35. The summed E-state index contributed by atoms with van der Waals surface area (Å²) in [6.45, 7) is 2.91. The molecule has 1 saturated carbocycles. The van der Waals surface area contributed by atoms with Gasteiger partial charge in [-0.3, -0.25) is 0 Å². The van der Waals surface area contributed by atoms with Crippen LogP contribution in [-0.2, 0) is 6.54 Å². The first-order valence-corrected chi connectivity index (χ1v) is 7.66. The Balaban J connectivity index is 1.93. The molecule has 1 aromatic carbocycles. The molecule has 0 saturated heterocycles. The van der Waals surface area contributed by atoms with Crippen molar-refractivity contribution in [3.8, 4) is 0 Å². The molecule has 1 nitrogen and oxygen atoms in total. The lowest BCUT2D eigenvalue weighted by Crippen LogP contribution is -2.39. The lowest BCUT2D eigenvalue weighted by atomic mass is 9.85. The monoisotopic (exact) mass is 285 g/mol. The second-order valence-corrected chi connectivity index (χ2v) is 6.00. The molecule has 0 aliphatic heterocycles. The first kappa shape index (κ1) is 14.2. The number of rotatable bonds is 4. The van der Waals surface area contributed by atoms with Crippen LogP contribution in [0.25, 0.3) is 0 Å². The van der Waals surface area contributed by atoms with Crippen LogP contribution in [0.15, 0.2) is 18.2 Å². The molecule has 0 heterocycles. The molecule has 1 aliphatic carbocycles. The van der Waals surface area contributed by atoms with Gasteiger partial charge in [0, 0.05) is 23.5 Å². The first-order chi connectivity index (χ1) is 8.70. The molecule has 2 rings (SSSR count). The van der Waals surface area contributed by atoms with E-state index in [1.807, 2.05) is 6.07 Å². The van der Waals surface area contributed by atoms with Crippen LogP contribution < -0.4 is 5.32 Å². The summed E-state index contributed by atoms with van der Waals surface area (Å²) < 4.78 is 0. The zero-order valence-corrected chi connectivity index (χ0v) is 12.4. The molecule has 18 heavy (non-hydrogen) atoms. The van der Waals surface area contributed by atoms with Crippen LogP contribution in [0, 0.1) is 12.8 Å². The van der Waals surface area contributed by atoms with Crippen molar-refractivity contribution < 1.29 is 0 Å². The van der Waals surface area contributed by atoms with Crippen LogP contribution in [0.3, 0.4) is 0 Å². The van der Waals surface area contributed by atoms with E-state index < -0.39 is 0 Å². The fourth-order valence-electron chi connectivity index (χ4n) is 2.70. The Labute approximate surface area is 120 Å². The third-order valence-electron chi connectivity index (χ3n) is 3.87. The zero-order valence-electron chi connectivity index (χ0n) is 10.9. The van der Waals surface area contributed by atoms with E-state index in [-0.39, 0.29) is 0 Å². The zero-order chi connectivity index (χ0) is 13.0. The smallest absolute Gasteiger partial charge is 0.0453 e. The van der Waals surface area contributed by atoms with Gasteiger partial charge >= 0.3 is 0 Å². The molecule has 0 spiro atoms. The Morgan fingerprint density at radius 1 is 1.28 bits per heavy atom. The molecule has 1 fully saturated rings. The summed E-state index contributed by atoms with van der Waals surface area (Å²) in [5.41, 5.74) is 2.39. The summed E-state index contributed by atoms with van der Waals surface area (Å²) in [4.78, 5) is 0. The molecule has 1 N–H and O–H groups in total. The average molecular weight is 286 g/mol. The van der Waals surface area contributed by atoms with Gasteiger partial charge in [0.05, 0.1) is 0 Å². The number of benzene rings is 1. The highest BCUT2D eigenvalue weighted by molar-refractivity contribution is 6.31. The van der Waals surface area contributed by atoms with Crippen LogP contribution in [0.1, 0.15) is 36.8 Å². The van der Waals surface area contributed by atoms with E-state index in [4.69, 9.17) is 23.2 Å². The van der Waals surface area contributed by atoms with Crippen LogP contribution in [0.5, 0.6) is 0 Å². The molecule has 0 amide bonds. The van der Waals surface area contributed by atoms with Crippen molar-refractivity contribution in [1.29, 1.82) is 0 Å². The third-order valence-corrected chi connectivity index (χ3v) is 4.62. The van der Waals surface area contributed by atoms with E-state index in [2.05, 4.69) is 24.4 Å². The Hall–Kier alpha value is -0.240. The number of aryl methyl sites for hydroxylation is 1. The van der Waals surface area contributed by atoms with Gasteiger partial charge in [-0.05, 0) is 42.9 Å². The molecule has 2 atom stereocenters. The maximum Gasteiger partial charge on any atom is 0.0453 e. The minimum absolute atomic E-state index is 0.550. The van der Waals surface area contributed by atoms with Gasteiger partial charge in [-0.25, -0.2) is 0 Å². The standard InChI is InChI=1S/C15H21Cl2N/c1-11-6-7-13(14(17)8-11)10-18-15-5-3-2-4-12(15)9-16/h6-8,12,15,18H,2-5,9-10H2,1H3. The highest BCUT2D eigenvalue weighted by Gasteiger charge is 2.23. The van der Waals surface area contributed by atoms with Crippen molar-refractivity contribution in [2.24, 2.45) is 5.92 Å². The highest BCUT2D eigenvalue weighted by atomic mass is 35.5. The summed E-state index contributed by atoms with van der Waals surface area (Å²) in [7, 11) is 0. The summed E-state index contributed by atoms with van der Waals surface area (Å²) in [6, 6.07) is 6.80. The fraction of sp³-hybridized carbons (Fsp3) is 0.600. The molecule has 1 aromatic rings. The predicted molar refractivity (Wildman–Crippen MR) is 79.5 cm³/mol. The van der Waals surface area contributed by atoms with Crippen molar-refractivity contribution in [2.75, 3.05) is 5.88 Å². The molecular weight excluding hydrogens is 265 g/mol. The molecule has 0 bridgehead atoms. The average Bonchev–Trinajstić information content (AvgIpc) is 2.38. The number of hydrogen-bond acceptors (Lipinski definition) is 1. The van der Waals surface area contributed by atoms with Gasteiger partial charge in [-0.2, -0.15) is 0 Å². The number of alkyl halides is 1. The molecule has 2 unspecified atom stereocenters. The summed E-state index contributed by atoms with van der Waals surface area (Å²) >= 11 is 12.3. The van der Waals surface area contributed by atoms with Crippen LogP contribution >= 0.6 is 23.2 Å². The quantitative estimate of drug-likeness (QED) is 0.801. The predicted octanol–water partition coefficient (Wildman–Crippen LogP) is 4.54. The van der Waals surface area contributed by atoms with Gasteiger partial charge in [-0.15, -0.1) is 11.6 Å². The Bertz CT molecular complexity index is 392. The summed E-state index contributed by atoms with van der Waals surface area (Å²) in [5, 5.41) is 4.49. The molecule has 0 radical (unpaired) electrons. The molecular formula is C15H21Cl2N. The first-order valence-electron chi connectivity index (χ1n) is 6.75. The van der Waals surface area contributed by atoms with Crippen molar-refractivity contribution >= 4 is 23.2 Å². The summed E-state index contributed by atoms with van der Waals surface area (Å²) in [6.07, 6.45) is 5.12. The highest BCUT2D eigenvalue weighted by Crippen LogP contribution is 2.26. The Morgan fingerprint density at radius 2 is 2.06 bits per heavy atom. The SMILES string of the molecule is Cc1ccc(CNC2CCCCC2CCl)c(Cl)c1. The Morgan fingerprint density at radius 3 is 2.78 bits per heavy atom. The van der Waals surface area contributed by atoms with E-state index in [1.54, 1.807) is 0 Å². The second-order valence-electron chi connectivity index (χ2n) is 5.28. The van der Waals surface area contributed by atoms with E-state index in [9.17, 15) is 0 Å². The second kappa shape index (κ2) is 6.79. The minimum atomic E-state index is 0.550. The third kappa shape index (κ3) is 3.63. The normalized spacial score (nSPS) is 24.2. The largest absolute Gasteiger partial charge is 0.310 e. The number of hydrogen-bond donors (Lipinski definition) is 1. The van der Waals surface area contributed by atoms with Crippen molar-refractivity contribution in [2.45, 2.75) is 45.2 Å². The molecule has 1 aliphatic rings. The van der Waals surface area contributed by atoms with Crippen LogP contribution in [-0.4, -0.2) is 11.9 Å². The maximum absolute atomic E-state index is 6.25. The van der Waals surface area contributed by atoms with Gasteiger partial charge < -0.3 is 5.32 Å². The lowest BCUT2D eigenvalue weighted by molar-refractivity contribution is 0.282. The van der Waals surface area contributed by atoms with E-state index in [0.29, 0.717) is 12.0 Å². The van der Waals surface area contributed by atoms with Gasteiger partial charge in [0.2, 0.25) is 0 Å². The fourth-order valence-corrected chi connectivity index (χ4v) is 3.37. The van der Waals surface area contributed by atoms with Gasteiger partial charge in [0.15, 0.2) is 0 Å². The molecule has 3 heteroatoms. The van der Waals surface area contributed by atoms with Crippen LogP contribution in [0.4, 0.5) is 0 Å². The van der Waals surface area contributed by atoms with Gasteiger partial charge in [-0.1, -0.05) is 36.6 Å². The molecule has 100 valence electrons. The van der Waals surface area contributed by atoms with E-state index in [1.165, 1.54) is 36.8 Å². The maximum atomic E-state index is 6.25. The summed E-state index contributed by atoms with van der Waals surface area (Å²) in [5.74, 6) is 1.38. The van der Waals surface area contributed by atoms with Crippen molar-refractivity contribution in [3.05, 3.63) is 34.3 Å². The van der Waals surface area contributed by atoms with Crippen molar-refractivity contribution in [1.82, 2.24) is 5.32 Å². The lowest BCUT2D eigenvalue weighted by Gasteiger charge is -2.31. The minimum Gasteiger partial charge on any atom is -0.310 e. The molecule has 0 aromatic heterocycles. The topological polar surface area (TPSA) is 12.0 Å². The van der Waals surface area contributed by atoms with E-state index in [0.717, 1.165) is 17.4 Å². The van der Waals surface area contributed by atoms with Crippen LogP contribution in [0.2, 0.25) is 5.02 Å². The van der Waals surface area contributed by atoms with Crippen molar-refractivity contribution in [3.63, 3.8) is 0 Å². The van der Waals surface area contributed by atoms with E-state index >= 15 is 0 Å². The van der Waals surface area contributed by atoms with Gasteiger partial charge in [0.25, 0.3) is 0 Å². The number of nitrogens with one attached hydrogen (secondary N) is 1. The van der Waals surface area contributed by atoms with Gasteiger partial charge in [0.1, 0.15) is 0 Å².